The van der Waals surface area contributed by atoms with Crippen LogP contribution in [0.2, 0.25) is 0 Å². The third-order valence-electron chi connectivity index (χ3n) is 3.74. The summed E-state index contributed by atoms with van der Waals surface area (Å²) in [7, 11) is 0. The topological polar surface area (TPSA) is 38.7 Å². The number of esters is 1. The first-order valence-electron chi connectivity index (χ1n) is 7.37. The number of carbonyl (C=O) groups is 1. The van der Waals surface area contributed by atoms with Crippen LogP contribution in [0.5, 0.6) is 0 Å². The van der Waals surface area contributed by atoms with E-state index in [4.69, 9.17) is 4.74 Å². The van der Waals surface area contributed by atoms with Gasteiger partial charge in [0.05, 0.1) is 0 Å². The molecule has 3 nitrogen and oxygen atoms in total. The summed E-state index contributed by atoms with van der Waals surface area (Å²) in [4.78, 5) is 16.5. The van der Waals surface area contributed by atoms with Gasteiger partial charge in [-0.15, -0.1) is 0 Å². The van der Waals surface area contributed by atoms with Gasteiger partial charge in [-0.25, -0.2) is 9.79 Å². The maximum Gasteiger partial charge on any atom is 0.363 e. The third kappa shape index (κ3) is 2.53. The average Bonchev–Trinajstić information content (AvgIpc) is 2.96. The highest BCUT2D eigenvalue weighted by molar-refractivity contribution is 6.17. The van der Waals surface area contributed by atoms with Gasteiger partial charge in [0.1, 0.15) is 0 Å². The summed E-state index contributed by atoms with van der Waals surface area (Å²) in [5.41, 5.74) is 2.06. The Morgan fingerprint density at radius 3 is 2.43 bits per heavy atom. The van der Waals surface area contributed by atoms with Crippen LogP contribution in [0.3, 0.4) is 0 Å². The molecule has 0 saturated carbocycles. The first-order chi connectivity index (χ1) is 11.3. The lowest BCUT2D eigenvalue weighted by Crippen LogP contribution is -2.05. The summed E-state index contributed by atoms with van der Waals surface area (Å²) >= 11 is 0. The molecule has 0 bridgehead atoms. The minimum absolute atomic E-state index is 0.319. The Labute approximate surface area is 133 Å². The molecule has 3 aromatic carbocycles. The zero-order valence-corrected chi connectivity index (χ0v) is 12.3. The molecule has 23 heavy (non-hydrogen) atoms. The number of fused-ring (bicyclic) bond motifs is 1. The van der Waals surface area contributed by atoms with Crippen LogP contribution in [-0.2, 0) is 9.53 Å². The molecule has 3 heteroatoms. The third-order valence-corrected chi connectivity index (χ3v) is 3.74. The van der Waals surface area contributed by atoms with Crippen molar-refractivity contribution in [3.05, 3.63) is 89.6 Å². The molecule has 1 heterocycles. The Balaban J connectivity index is 1.79. The van der Waals surface area contributed by atoms with Gasteiger partial charge in [-0.1, -0.05) is 66.7 Å². The summed E-state index contributed by atoms with van der Waals surface area (Å²) in [5, 5.41) is 2.10. The number of benzene rings is 3. The fourth-order valence-electron chi connectivity index (χ4n) is 2.64. The molecule has 0 N–H and O–H groups in total. The molecule has 0 unspecified atom stereocenters. The van der Waals surface area contributed by atoms with E-state index in [1.807, 2.05) is 72.8 Å². The van der Waals surface area contributed by atoms with Gasteiger partial charge < -0.3 is 4.74 Å². The molecule has 110 valence electrons. The van der Waals surface area contributed by atoms with Gasteiger partial charge in [0.15, 0.2) is 5.70 Å². The largest absolute Gasteiger partial charge is 0.402 e. The van der Waals surface area contributed by atoms with Crippen LogP contribution >= 0.6 is 0 Å². The summed E-state index contributed by atoms with van der Waals surface area (Å²) < 4.78 is 5.38. The van der Waals surface area contributed by atoms with Crippen molar-refractivity contribution in [2.45, 2.75) is 0 Å². The monoisotopic (exact) mass is 299 g/mol. The number of hydrogen-bond acceptors (Lipinski definition) is 3. The van der Waals surface area contributed by atoms with Crippen molar-refractivity contribution in [2.75, 3.05) is 0 Å². The Bertz CT molecular complexity index is 950. The van der Waals surface area contributed by atoms with Crippen molar-refractivity contribution in [2.24, 2.45) is 4.99 Å². The molecule has 0 radical (unpaired) electrons. The van der Waals surface area contributed by atoms with E-state index in [0.29, 0.717) is 11.6 Å². The smallest absolute Gasteiger partial charge is 0.363 e. The molecule has 0 aromatic heterocycles. The van der Waals surface area contributed by atoms with Crippen molar-refractivity contribution in [1.82, 2.24) is 0 Å². The Morgan fingerprint density at radius 1 is 0.826 bits per heavy atom. The van der Waals surface area contributed by atoms with Crippen LogP contribution in [0.1, 0.15) is 11.1 Å². The van der Waals surface area contributed by atoms with Crippen molar-refractivity contribution in [1.29, 1.82) is 0 Å². The summed E-state index contributed by atoms with van der Waals surface area (Å²) in [6.07, 6.45) is 1.74. The van der Waals surface area contributed by atoms with Gasteiger partial charge in [0, 0.05) is 5.56 Å². The first kappa shape index (κ1) is 13.5. The van der Waals surface area contributed by atoms with Crippen molar-refractivity contribution >= 4 is 28.7 Å². The van der Waals surface area contributed by atoms with Crippen molar-refractivity contribution in [3.63, 3.8) is 0 Å². The first-order valence-corrected chi connectivity index (χ1v) is 7.37. The lowest BCUT2D eigenvalue weighted by atomic mass is 10.0. The Hall–Kier alpha value is -3.20. The second-order valence-electron chi connectivity index (χ2n) is 5.27. The maximum atomic E-state index is 12.1. The SMILES string of the molecule is O=C1OC(c2cccc3ccccc23)=NC1=Cc1ccccc1. The molecule has 1 aliphatic heterocycles. The molecular formula is C20H13NO2. The standard InChI is InChI=1S/C20H13NO2/c22-20-18(13-14-7-2-1-3-8-14)21-19(23-20)17-12-6-10-15-9-4-5-11-16(15)17/h1-13H. The van der Waals surface area contributed by atoms with Gasteiger partial charge >= 0.3 is 5.97 Å². The zero-order valence-electron chi connectivity index (χ0n) is 12.3. The van der Waals surface area contributed by atoms with Gasteiger partial charge in [-0.3, -0.25) is 0 Å². The number of nitrogens with zero attached hydrogens (tertiary/aromatic N) is 1. The molecule has 3 aromatic rings. The van der Waals surface area contributed by atoms with Crippen molar-refractivity contribution in [3.8, 4) is 0 Å². The quantitative estimate of drug-likeness (QED) is 0.526. The highest BCUT2D eigenvalue weighted by atomic mass is 16.6. The van der Waals surface area contributed by atoms with E-state index in [1.54, 1.807) is 6.08 Å². The van der Waals surface area contributed by atoms with E-state index >= 15 is 0 Å². The molecule has 0 fully saturated rings. The normalized spacial score (nSPS) is 15.7. The lowest BCUT2D eigenvalue weighted by molar-refractivity contribution is -0.129. The van der Waals surface area contributed by atoms with E-state index in [1.165, 1.54) is 0 Å². The zero-order chi connectivity index (χ0) is 15.6. The second-order valence-corrected chi connectivity index (χ2v) is 5.27. The highest BCUT2D eigenvalue weighted by Crippen LogP contribution is 2.24. The maximum absolute atomic E-state index is 12.1. The number of cyclic esters (lactones) is 1. The van der Waals surface area contributed by atoms with E-state index in [0.717, 1.165) is 21.9 Å². The summed E-state index contributed by atoms with van der Waals surface area (Å²) in [5.74, 6) is -0.0641. The van der Waals surface area contributed by atoms with Crippen LogP contribution < -0.4 is 0 Å². The van der Waals surface area contributed by atoms with E-state index in [9.17, 15) is 4.79 Å². The number of rotatable bonds is 2. The number of ether oxygens (including phenoxy) is 1. The minimum atomic E-state index is -0.420. The van der Waals surface area contributed by atoms with Gasteiger partial charge in [0.25, 0.3) is 0 Å². The second kappa shape index (κ2) is 5.54. The predicted octanol–water partition coefficient (Wildman–Crippen LogP) is 4.18. The number of hydrogen-bond donors (Lipinski definition) is 0. The van der Waals surface area contributed by atoms with E-state index in [-0.39, 0.29) is 0 Å². The minimum Gasteiger partial charge on any atom is -0.402 e. The molecule has 1 aliphatic rings. The van der Waals surface area contributed by atoms with Gasteiger partial charge in [-0.05, 0) is 28.5 Å². The molecule has 0 aliphatic carbocycles. The molecule has 4 rings (SSSR count). The average molecular weight is 299 g/mol. The number of carbonyl (C=O) groups excluding carboxylic acids is 1. The van der Waals surface area contributed by atoms with Crippen molar-refractivity contribution < 1.29 is 9.53 Å². The molecular weight excluding hydrogens is 286 g/mol. The van der Waals surface area contributed by atoms with Crippen LogP contribution in [-0.4, -0.2) is 11.9 Å². The van der Waals surface area contributed by atoms with Crippen LogP contribution in [0, 0.1) is 0 Å². The molecule has 0 saturated heterocycles. The van der Waals surface area contributed by atoms with E-state index < -0.39 is 5.97 Å². The van der Waals surface area contributed by atoms with Crippen LogP contribution in [0.25, 0.3) is 16.8 Å². The van der Waals surface area contributed by atoms with Crippen LogP contribution in [0.15, 0.2) is 83.5 Å². The molecule has 0 spiro atoms. The predicted molar refractivity (Wildman–Crippen MR) is 91.0 cm³/mol. The Kier molecular flexibility index (Phi) is 3.24. The summed E-state index contributed by atoms with van der Waals surface area (Å²) in [6, 6.07) is 23.5. The Morgan fingerprint density at radius 2 is 1.57 bits per heavy atom. The highest BCUT2D eigenvalue weighted by Gasteiger charge is 2.25. The molecule has 0 amide bonds. The van der Waals surface area contributed by atoms with E-state index in [2.05, 4.69) is 4.99 Å². The number of aliphatic imine (C=N–C) groups is 1. The molecule has 0 atom stereocenters. The van der Waals surface area contributed by atoms with Crippen LogP contribution in [0.4, 0.5) is 0 Å². The fraction of sp³-hybridized carbons (Fsp3) is 0. The summed E-state index contributed by atoms with van der Waals surface area (Å²) in [6.45, 7) is 0. The fourth-order valence-corrected chi connectivity index (χ4v) is 2.64. The van der Waals surface area contributed by atoms with Gasteiger partial charge in [-0.2, -0.15) is 0 Å². The lowest BCUT2D eigenvalue weighted by Gasteiger charge is -2.04. The van der Waals surface area contributed by atoms with Gasteiger partial charge in [0.2, 0.25) is 5.90 Å².